The van der Waals surface area contributed by atoms with Crippen LogP contribution in [0.5, 0.6) is 0 Å². The zero-order valence-corrected chi connectivity index (χ0v) is 10.4. The van der Waals surface area contributed by atoms with Crippen molar-refractivity contribution in [2.75, 3.05) is 0 Å². The van der Waals surface area contributed by atoms with Crippen molar-refractivity contribution in [3.8, 4) is 0 Å². The van der Waals surface area contributed by atoms with Crippen LogP contribution in [0.2, 0.25) is 0 Å². The van der Waals surface area contributed by atoms with Gasteiger partial charge in [0, 0.05) is 0 Å². The van der Waals surface area contributed by atoms with Gasteiger partial charge in [-0.1, -0.05) is 30.3 Å². The van der Waals surface area contributed by atoms with Crippen LogP contribution in [0.25, 0.3) is 5.57 Å². The van der Waals surface area contributed by atoms with Gasteiger partial charge in [-0.15, -0.1) is 0 Å². The van der Waals surface area contributed by atoms with Crippen LogP contribution in [0.1, 0.15) is 22.8 Å². The van der Waals surface area contributed by atoms with Gasteiger partial charge in [0.1, 0.15) is 11.6 Å². The van der Waals surface area contributed by atoms with Crippen molar-refractivity contribution in [1.29, 1.82) is 0 Å². The molecular weight excluding hydrogens is 246 g/mol. The first kappa shape index (κ1) is 13.1. The van der Waals surface area contributed by atoms with E-state index in [0.717, 1.165) is 23.8 Å². The summed E-state index contributed by atoms with van der Waals surface area (Å²) in [6, 6.07) is 12.1. The molecule has 0 radical (unpaired) electrons. The summed E-state index contributed by atoms with van der Waals surface area (Å²) in [4.78, 5) is 11.9. The number of benzene rings is 2. The van der Waals surface area contributed by atoms with E-state index in [4.69, 9.17) is 0 Å². The van der Waals surface area contributed by atoms with E-state index in [1.54, 1.807) is 6.92 Å². The highest BCUT2D eigenvalue weighted by molar-refractivity contribution is 6.08. The Kier molecular flexibility index (Phi) is 3.85. The molecule has 96 valence electrons. The van der Waals surface area contributed by atoms with Crippen LogP contribution in [-0.4, -0.2) is 5.78 Å². The summed E-state index contributed by atoms with van der Waals surface area (Å²) in [5.41, 5.74) is 1.32. The maximum atomic E-state index is 13.5. The highest BCUT2D eigenvalue weighted by Crippen LogP contribution is 2.16. The third-order valence-corrected chi connectivity index (χ3v) is 2.77. The monoisotopic (exact) mass is 258 g/mol. The maximum absolute atomic E-state index is 13.5. The van der Waals surface area contributed by atoms with E-state index in [9.17, 15) is 13.6 Å². The van der Waals surface area contributed by atoms with Crippen molar-refractivity contribution in [2.24, 2.45) is 0 Å². The quantitative estimate of drug-likeness (QED) is 0.594. The van der Waals surface area contributed by atoms with Gasteiger partial charge in [0.25, 0.3) is 0 Å². The first-order valence-corrected chi connectivity index (χ1v) is 5.81. The number of allylic oxidation sites excluding steroid dienone is 2. The smallest absolute Gasteiger partial charge is 0.189 e. The summed E-state index contributed by atoms with van der Waals surface area (Å²) in [5.74, 6) is -1.89. The number of hydrogen-bond acceptors (Lipinski definition) is 1. The molecule has 0 atom stereocenters. The third-order valence-electron chi connectivity index (χ3n) is 2.77. The first-order valence-electron chi connectivity index (χ1n) is 5.81. The highest BCUT2D eigenvalue weighted by atomic mass is 19.1. The predicted octanol–water partition coefficient (Wildman–Crippen LogP) is 4.25. The molecule has 0 bridgehead atoms. The summed E-state index contributed by atoms with van der Waals surface area (Å²) in [7, 11) is 0. The first-order chi connectivity index (χ1) is 9.08. The average molecular weight is 258 g/mol. The van der Waals surface area contributed by atoms with Crippen LogP contribution < -0.4 is 0 Å². The molecule has 0 fully saturated rings. The van der Waals surface area contributed by atoms with Gasteiger partial charge in [-0.05, 0) is 42.3 Å². The van der Waals surface area contributed by atoms with Crippen LogP contribution >= 0.6 is 0 Å². The summed E-state index contributed by atoms with van der Waals surface area (Å²) >= 11 is 0. The van der Waals surface area contributed by atoms with Crippen molar-refractivity contribution in [3.05, 3.63) is 77.4 Å². The zero-order chi connectivity index (χ0) is 13.8. The second-order valence-electron chi connectivity index (χ2n) is 4.18. The molecule has 19 heavy (non-hydrogen) atoms. The van der Waals surface area contributed by atoms with E-state index in [0.29, 0.717) is 5.57 Å². The van der Waals surface area contributed by atoms with Crippen molar-refractivity contribution in [2.45, 2.75) is 6.92 Å². The molecule has 0 spiro atoms. The molecule has 0 aliphatic heterocycles. The van der Waals surface area contributed by atoms with E-state index >= 15 is 0 Å². The number of ketones is 1. The Morgan fingerprint density at radius 3 is 2.42 bits per heavy atom. The molecule has 0 saturated heterocycles. The Morgan fingerprint density at radius 1 is 1.05 bits per heavy atom. The zero-order valence-electron chi connectivity index (χ0n) is 10.4. The molecule has 0 heterocycles. The van der Waals surface area contributed by atoms with E-state index < -0.39 is 17.4 Å². The van der Waals surface area contributed by atoms with Gasteiger partial charge < -0.3 is 0 Å². The minimum atomic E-state index is -0.719. The molecule has 0 aromatic heterocycles. The fraction of sp³-hybridized carbons (Fsp3) is 0.0625. The van der Waals surface area contributed by atoms with Gasteiger partial charge in [-0.3, -0.25) is 4.79 Å². The molecule has 0 saturated carbocycles. The molecule has 1 nitrogen and oxygen atoms in total. The van der Waals surface area contributed by atoms with E-state index in [1.807, 2.05) is 30.3 Å². The van der Waals surface area contributed by atoms with Crippen LogP contribution in [0.15, 0.2) is 54.6 Å². The van der Waals surface area contributed by atoms with Gasteiger partial charge >= 0.3 is 0 Å². The lowest BCUT2D eigenvalue weighted by molar-refractivity contribution is 0.104. The molecule has 0 amide bonds. The lowest BCUT2D eigenvalue weighted by atomic mass is 10.0. The fourth-order valence-electron chi connectivity index (χ4n) is 1.75. The molecule has 2 aromatic rings. The second-order valence-corrected chi connectivity index (χ2v) is 4.18. The minimum Gasteiger partial charge on any atom is -0.289 e. The molecule has 0 unspecified atom stereocenters. The fourth-order valence-corrected chi connectivity index (χ4v) is 1.75. The molecule has 0 N–H and O–H groups in total. The number of hydrogen-bond donors (Lipinski definition) is 0. The van der Waals surface area contributed by atoms with E-state index in [1.165, 1.54) is 6.08 Å². The molecule has 2 aromatic carbocycles. The standard InChI is InChI=1S/C16H12F2O/c1-11(12-5-3-2-4-6-12)9-16(19)14-10-13(17)7-8-15(14)18/h2-10H,1H3/b11-9-. The summed E-state index contributed by atoms with van der Waals surface area (Å²) in [6.45, 7) is 1.75. The van der Waals surface area contributed by atoms with Crippen LogP contribution in [0.4, 0.5) is 8.78 Å². The lowest BCUT2D eigenvalue weighted by Crippen LogP contribution is -2.00. The molecule has 0 aliphatic carbocycles. The Morgan fingerprint density at radius 2 is 1.74 bits per heavy atom. The minimum absolute atomic E-state index is 0.254. The van der Waals surface area contributed by atoms with Crippen molar-refractivity contribution in [3.63, 3.8) is 0 Å². The Labute approximate surface area is 110 Å². The SMILES string of the molecule is C/C(=C/C(=O)c1cc(F)ccc1F)c1ccccc1. The summed E-state index contributed by atoms with van der Waals surface area (Å²) in [5, 5.41) is 0. The van der Waals surface area contributed by atoms with Crippen LogP contribution in [-0.2, 0) is 0 Å². The molecule has 2 rings (SSSR count). The molecule has 0 aliphatic rings. The van der Waals surface area contributed by atoms with Crippen molar-refractivity contribution >= 4 is 11.4 Å². The highest BCUT2D eigenvalue weighted by Gasteiger charge is 2.11. The van der Waals surface area contributed by atoms with Gasteiger partial charge in [0.2, 0.25) is 0 Å². The van der Waals surface area contributed by atoms with Crippen molar-refractivity contribution in [1.82, 2.24) is 0 Å². The van der Waals surface area contributed by atoms with Crippen LogP contribution in [0, 0.1) is 11.6 Å². The predicted molar refractivity (Wildman–Crippen MR) is 70.8 cm³/mol. The lowest BCUT2D eigenvalue weighted by Gasteiger charge is -2.02. The topological polar surface area (TPSA) is 17.1 Å². The third kappa shape index (κ3) is 3.13. The second kappa shape index (κ2) is 5.57. The van der Waals surface area contributed by atoms with Crippen molar-refractivity contribution < 1.29 is 13.6 Å². The summed E-state index contributed by atoms with van der Waals surface area (Å²) < 4.78 is 26.5. The molecule has 3 heteroatoms. The number of halogens is 2. The number of carbonyl (C=O) groups is 1. The largest absolute Gasteiger partial charge is 0.289 e. The average Bonchev–Trinajstić information content (AvgIpc) is 2.42. The Hall–Kier alpha value is -2.29. The number of rotatable bonds is 3. The molecular formula is C16H12F2O. The van der Waals surface area contributed by atoms with Crippen LogP contribution in [0.3, 0.4) is 0 Å². The maximum Gasteiger partial charge on any atom is 0.189 e. The van der Waals surface area contributed by atoms with E-state index in [-0.39, 0.29) is 5.56 Å². The number of carbonyl (C=O) groups excluding carboxylic acids is 1. The van der Waals surface area contributed by atoms with Gasteiger partial charge in [0.15, 0.2) is 5.78 Å². The summed E-state index contributed by atoms with van der Waals surface area (Å²) in [6.07, 6.45) is 1.31. The van der Waals surface area contributed by atoms with E-state index in [2.05, 4.69) is 0 Å². The van der Waals surface area contributed by atoms with Gasteiger partial charge in [0.05, 0.1) is 5.56 Å². The Bertz CT molecular complexity index is 630. The van der Waals surface area contributed by atoms with Gasteiger partial charge in [-0.2, -0.15) is 0 Å². The normalized spacial score (nSPS) is 11.4. The Balaban J connectivity index is 2.33. The van der Waals surface area contributed by atoms with Gasteiger partial charge in [-0.25, -0.2) is 8.78 Å².